The highest BCUT2D eigenvalue weighted by molar-refractivity contribution is 5.38. The van der Waals surface area contributed by atoms with Gasteiger partial charge in [0.05, 0.1) is 0 Å². The molecule has 1 fully saturated rings. The lowest BCUT2D eigenvalue weighted by Gasteiger charge is -2.36. The van der Waals surface area contributed by atoms with Gasteiger partial charge >= 0.3 is 0 Å². The summed E-state index contributed by atoms with van der Waals surface area (Å²) in [7, 11) is 4.45. The minimum Gasteiger partial charge on any atom is -0.317 e. The van der Waals surface area contributed by atoms with Crippen molar-refractivity contribution in [1.82, 2.24) is 10.2 Å². The van der Waals surface area contributed by atoms with Gasteiger partial charge < -0.3 is 10.2 Å². The summed E-state index contributed by atoms with van der Waals surface area (Å²) in [6.45, 7) is 9.03. The highest BCUT2D eigenvalue weighted by Crippen LogP contribution is 2.35. The molecule has 2 heteroatoms. The Morgan fingerprint density at radius 2 is 1.58 bits per heavy atom. The summed E-state index contributed by atoms with van der Waals surface area (Å²) >= 11 is 0. The largest absolute Gasteiger partial charge is 0.317 e. The van der Waals surface area contributed by atoms with Gasteiger partial charge in [0, 0.05) is 6.04 Å². The van der Waals surface area contributed by atoms with Gasteiger partial charge in [-0.15, -0.1) is 0 Å². The van der Waals surface area contributed by atoms with Crippen LogP contribution >= 0.6 is 0 Å². The molecule has 0 radical (unpaired) electrons. The normalized spacial score (nSPS) is 18.8. The van der Waals surface area contributed by atoms with Gasteiger partial charge in [-0.3, -0.25) is 0 Å². The van der Waals surface area contributed by atoms with Gasteiger partial charge in [0.25, 0.3) is 0 Å². The summed E-state index contributed by atoms with van der Waals surface area (Å²) < 4.78 is 0. The van der Waals surface area contributed by atoms with Crippen LogP contribution in [0.1, 0.15) is 41.1 Å². The highest BCUT2D eigenvalue weighted by Gasteiger charge is 2.27. The molecule has 1 N–H and O–H groups in total. The van der Waals surface area contributed by atoms with Crippen molar-refractivity contribution < 1.29 is 0 Å². The van der Waals surface area contributed by atoms with E-state index in [0.29, 0.717) is 6.04 Å². The van der Waals surface area contributed by atoms with Crippen LogP contribution in [0.4, 0.5) is 0 Å². The zero-order valence-electron chi connectivity index (χ0n) is 13.1. The Hall–Kier alpha value is -0.860. The summed E-state index contributed by atoms with van der Waals surface area (Å²) in [6.07, 6.45) is 2.57. The van der Waals surface area contributed by atoms with E-state index in [1.54, 1.807) is 0 Å². The third-order valence-corrected chi connectivity index (χ3v) is 4.59. The van der Waals surface area contributed by atoms with Crippen LogP contribution in [0.15, 0.2) is 12.1 Å². The van der Waals surface area contributed by atoms with Crippen LogP contribution in [-0.4, -0.2) is 32.1 Å². The summed E-state index contributed by atoms with van der Waals surface area (Å²) in [5, 5.41) is 3.48. The van der Waals surface area contributed by atoms with Crippen molar-refractivity contribution in [3.05, 3.63) is 34.4 Å². The molecule has 0 spiro atoms. The number of hydrogen-bond acceptors (Lipinski definition) is 2. The van der Waals surface area contributed by atoms with Crippen LogP contribution in [0.25, 0.3) is 0 Å². The van der Waals surface area contributed by atoms with E-state index in [4.69, 9.17) is 0 Å². The van der Waals surface area contributed by atoms with Crippen LogP contribution in [-0.2, 0) is 0 Å². The monoisotopic (exact) mass is 260 g/mol. The molecule has 1 aliphatic rings. The fourth-order valence-corrected chi connectivity index (χ4v) is 3.42. The van der Waals surface area contributed by atoms with E-state index in [0.717, 1.165) is 5.92 Å². The van der Waals surface area contributed by atoms with Crippen LogP contribution in [0.2, 0.25) is 0 Å². The number of hydrogen-bond donors (Lipinski definition) is 1. The van der Waals surface area contributed by atoms with Gasteiger partial charge in [0.15, 0.2) is 0 Å². The first-order valence-electron chi connectivity index (χ1n) is 7.45. The maximum Gasteiger partial charge on any atom is 0.0373 e. The van der Waals surface area contributed by atoms with Gasteiger partial charge in [-0.1, -0.05) is 12.1 Å². The van der Waals surface area contributed by atoms with Crippen LogP contribution in [0, 0.1) is 26.7 Å². The van der Waals surface area contributed by atoms with Crippen molar-refractivity contribution in [2.45, 2.75) is 39.7 Å². The molecule has 1 aromatic carbocycles. The molecule has 1 saturated heterocycles. The number of benzene rings is 1. The number of rotatable bonds is 3. The minimum atomic E-state index is 0.557. The van der Waals surface area contributed by atoms with E-state index in [1.165, 1.54) is 48.2 Å². The van der Waals surface area contributed by atoms with E-state index in [-0.39, 0.29) is 0 Å². The molecule has 0 aliphatic carbocycles. The Balaban J connectivity index is 2.35. The smallest absolute Gasteiger partial charge is 0.0373 e. The maximum absolute atomic E-state index is 3.48. The predicted molar refractivity (Wildman–Crippen MR) is 82.7 cm³/mol. The molecule has 0 saturated carbocycles. The van der Waals surface area contributed by atoms with Gasteiger partial charge in [-0.25, -0.2) is 0 Å². The third kappa shape index (κ3) is 3.18. The highest BCUT2D eigenvalue weighted by atomic mass is 15.1. The first-order valence-corrected chi connectivity index (χ1v) is 7.45. The number of piperidine rings is 1. The van der Waals surface area contributed by atoms with Crippen molar-refractivity contribution in [1.29, 1.82) is 0 Å². The van der Waals surface area contributed by atoms with Crippen molar-refractivity contribution in [3.63, 3.8) is 0 Å². The van der Waals surface area contributed by atoms with E-state index in [1.807, 2.05) is 0 Å². The minimum absolute atomic E-state index is 0.557. The van der Waals surface area contributed by atoms with Gasteiger partial charge in [-0.2, -0.15) is 0 Å². The first-order chi connectivity index (χ1) is 9.00. The lowest BCUT2D eigenvalue weighted by atomic mass is 9.82. The number of nitrogens with zero attached hydrogens (tertiary/aromatic N) is 1. The molecule has 19 heavy (non-hydrogen) atoms. The molecule has 0 amide bonds. The standard InChI is InChI=1S/C17H28N2/c1-12-10-14(3)16(11-13(12)2)17(19(4)5)15-6-8-18-9-7-15/h10-11,15,17-18H,6-9H2,1-5H3. The van der Waals surface area contributed by atoms with Crippen LogP contribution < -0.4 is 5.32 Å². The fourth-order valence-electron chi connectivity index (χ4n) is 3.42. The summed E-state index contributed by atoms with van der Waals surface area (Å²) in [4.78, 5) is 2.41. The summed E-state index contributed by atoms with van der Waals surface area (Å²) in [5.74, 6) is 0.775. The molecule has 106 valence electrons. The van der Waals surface area contributed by atoms with Gasteiger partial charge in [-0.05, 0) is 89.0 Å². The second-order valence-electron chi connectivity index (χ2n) is 6.29. The molecular formula is C17H28N2. The van der Waals surface area contributed by atoms with E-state index < -0.39 is 0 Å². The second kappa shape index (κ2) is 6.06. The molecule has 1 aliphatic heterocycles. The molecule has 2 rings (SSSR count). The Morgan fingerprint density at radius 3 is 2.16 bits per heavy atom. The maximum atomic E-state index is 3.48. The Kier molecular flexibility index (Phi) is 4.64. The predicted octanol–water partition coefficient (Wildman–Crippen LogP) is 3.21. The Morgan fingerprint density at radius 1 is 1.00 bits per heavy atom. The summed E-state index contributed by atoms with van der Waals surface area (Å²) in [6, 6.07) is 5.32. The SMILES string of the molecule is Cc1cc(C)c(C(C2CCNCC2)N(C)C)cc1C. The second-order valence-corrected chi connectivity index (χ2v) is 6.29. The fraction of sp³-hybridized carbons (Fsp3) is 0.647. The Bertz CT molecular complexity index is 431. The topological polar surface area (TPSA) is 15.3 Å². The lowest BCUT2D eigenvalue weighted by Crippen LogP contribution is -2.36. The lowest BCUT2D eigenvalue weighted by molar-refractivity contribution is 0.177. The average Bonchev–Trinajstić information content (AvgIpc) is 2.37. The van der Waals surface area contributed by atoms with Crippen LogP contribution in [0.3, 0.4) is 0 Å². The van der Waals surface area contributed by atoms with Gasteiger partial charge in [0.1, 0.15) is 0 Å². The molecular weight excluding hydrogens is 232 g/mol. The zero-order valence-corrected chi connectivity index (χ0v) is 13.1. The first kappa shape index (κ1) is 14.5. The Labute approximate surface area is 118 Å². The molecule has 1 atom stereocenters. The zero-order chi connectivity index (χ0) is 14.0. The molecule has 1 aromatic rings. The van der Waals surface area contributed by atoms with E-state index >= 15 is 0 Å². The molecule has 2 nitrogen and oxygen atoms in total. The molecule has 1 heterocycles. The third-order valence-electron chi connectivity index (χ3n) is 4.59. The van der Waals surface area contributed by atoms with Crippen molar-refractivity contribution >= 4 is 0 Å². The quantitative estimate of drug-likeness (QED) is 0.897. The number of aryl methyl sites for hydroxylation is 3. The molecule has 0 aromatic heterocycles. The van der Waals surface area contributed by atoms with Crippen molar-refractivity contribution in [2.75, 3.05) is 27.2 Å². The average molecular weight is 260 g/mol. The van der Waals surface area contributed by atoms with Crippen molar-refractivity contribution in [3.8, 4) is 0 Å². The van der Waals surface area contributed by atoms with Crippen LogP contribution in [0.5, 0.6) is 0 Å². The van der Waals surface area contributed by atoms with Crippen molar-refractivity contribution in [2.24, 2.45) is 5.92 Å². The summed E-state index contributed by atoms with van der Waals surface area (Å²) in [5.41, 5.74) is 5.80. The van der Waals surface area contributed by atoms with Gasteiger partial charge in [0.2, 0.25) is 0 Å². The molecule has 0 bridgehead atoms. The molecule has 1 unspecified atom stereocenters. The van der Waals surface area contributed by atoms with E-state index in [9.17, 15) is 0 Å². The van der Waals surface area contributed by atoms with E-state index in [2.05, 4.69) is 57.2 Å². The number of nitrogens with one attached hydrogen (secondary N) is 1.